The molecule has 0 amide bonds. The maximum atomic E-state index is 10.6. The SMILES string of the molecule is Nc1ccc(-c2cccc(C=O)c2)cc1. The first kappa shape index (κ1) is 9.46. The van der Waals surface area contributed by atoms with Crippen molar-refractivity contribution in [1.82, 2.24) is 0 Å². The van der Waals surface area contributed by atoms with E-state index in [-0.39, 0.29) is 0 Å². The average Bonchev–Trinajstić information content (AvgIpc) is 2.30. The first-order valence-electron chi connectivity index (χ1n) is 4.71. The first-order valence-corrected chi connectivity index (χ1v) is 4.71. The van der Waals surface area contributed by atoms with Gasteiger partial charge in [-0.05, 0) is 29.3 Å². The Hall–Kier alpha value is -2.09. The van der Waals surface area contributed by atoms with Gasteiger partial charge in [-0.15, -0.1) is 0 Å². The highest BCUT2D eigenvalue weighted by Crippen LogP contribution is 2.20. The fourth-order valence-electron chi connectivity index (χ4n) is 1.47. The molecule has 0 aromatic heterocycles. The Morgan fingerprint density at radius 3 is 2.33 bits per heavy atom. The van der Waals surface area contributed by atoms with Crippen LogP contribution in [0.25, 0.3) is 11.1 Å². The quantitative estimate of drug-likeness (QED) is 0.594. The first-order chi connectivity index (χ1) is 7.29. The summed E-state index contributed by atoms with van der Waals surface area (Å²) in [5, 5.41) is 0. The topological polar surface area (TPSA) is 43.1 Å². The number of carbonyl (C=O) groups excluding carboxylic acids is 1. The lowest BCUT2D eigenvalue weighted by Crippen LogP contribution is -1.85. The lowest BCUT2D eigenvalue weighted by Gasteiger charge is -2.02. The molecule has 0 unspecified atom stereocenters. The molecule has 0 aliphatic rings. The van der Waals surface area contributed by atoms with Crippen LogP contribution in [0.4, 0.5) is 5.69 Å². The predicted octanol–water partition coefficient (Wildman–Crippen LogP) is 2.75. The van der Waals surface area contributed by atoms with Gasteiger partial charge in [-0.1, -0.05) is 30.3 Å². The van der Waals surface area contributed by atoms with E-state index in [2.05, 4.69) is 0 Å². The van der Waals surface area contributed by atoms with Gasteiger partial charge in [0, 0.05) is 11.3 Å². The largest absolute Gasteiger partial charge is 0.399 e. The molecule has 2 aromatic rings. The molecule has 74 valence electrons. The van der Waals surface area contributed by atoms with Crippen LogP contribution in [0.2, 0.25) is 0 Å². The summed E-state index contributed by atoms with van der Waals surface area (Å²) in [4.78, 5) is 10.6. The van der Waals surface area contributed by atoms with Crippen LogP contribution >= 0.6 is 0 Å². The van der Waals surface area contributed by atoms with Crippen molar-refractivity contribution in [1.29, 1.82) is 0 Å². The highest BCUT2D eigenvalue weighted by Gasteiger charge is 1.98. The highest BCUT2D eigenvalue weighted by atomic mass is 16.1. The van der Waals surface area contributed by atoms with Crippen LogP contribution in [0, 0.1) is 0 Å². The predicted molar refractivity (Wildman–Crippen MR) is 61.7 cm³/mol. The normalized spacial score (nSPS) is 9.87. The van der Waals surface area contributed by atoms with Crippen molar-refractivity contribution in [2.75, 3.05) is 5.73 Å². The van der Waals surface area contributed by atoms with Gasteiger partial charge in [0.15, 0.2) is 0 Å². The van der Waals surface area contributed by atoms with E-state index in [1.54, 1.807) is 6.07 Å². The van der Waals surface area contributed by atoms with E-state index in [0.717, 1.165) is 23.1 Å². The molecule has 2 heteroatoms. The van der Waals surface area contributed by atoms with Crippen LogP contribution in [0.3, 0.4) is 0 Å². The van der Waals surface area contributed by atoms with Gasteiger partial charge in [0.2, 0.25) is 0 Å². The summed E-state index contributed by atoms with van der Waals surface area (Å²) >= 11 is 0. The number of benzene rings is 2. The van der Waals surface area contributed by atoms with Crippen molar-refractivity contribution < 1.29 is 4.79 Å². The zero-order valence-corrected chi connectivity index (χ0v) is 8.18. The molecular weight excluding hydrogens is 186 g/mol. The lowest BCUT2D eigenvalue weighted by atomic mass is 10.0. The molecule has 2 aromatic carbocycles. The van der Waals surface area contributed by atoms with Gasteiger partial charge in [-0.25, -0.2) is 0 Å². The van der Waals surface area contributed by atoms with Crippen molar-refractivity contribution in [3.8, 4) is 11.1 Å². The fraction of sp³-hybridized carbons (Fsp3) is 0. The monoisotopic (exact) mass is 197 g/mol. The molecule has 0 fully saturated rings. The molecule has 0 atom stereocenters. The molecule has 15 heavy (non-hydrogen) atoms. The summed E-state index contributed by atoms with van der Waals surface area (Å²) in [7, 11) is 0. The van der Waals surface area contributed by atoms with Gasteiger partial charge in [0.1, 0.15) is 6.29 Å². The third-order valence-corrected chi connectivity index (χ3v) is 2.27. The Morgan fingerprint density at radius 2 is 1.67 bits per heavy atom. The minimum Gasteiger partial charge on any atom is -0.399 e. The van der Waals surface area contributed by atoms with Crippen molar-refractivity contribution >= 4 is 12.0 Å². The molecule has 0 aliphatic heterocycles. The van der Waals surface area contributed by atoms with E-state index in [4.69, 9.17) is 5.73 Å². The summed E-state index contributed by atoms with van der Waals surface area (Å²) < 4.78 is 0. The van der Waals surface area contributed by atoms with E-state index >= 15 is 0 Å². The van der Waals surface area contributed by atoms with E-state index in [1.807, 2.05) is 42.5 Å². The second-order valence-electron chi connectivity index (χ2n) is 3.37. The number of nitrogens with two attached hydrogens (primary N) is 1. The molecule has 2 N–H and O–H groups in total. The molecule has 0 heterocycles. The zero-order valence-electron chi connectivity index (χ0n) is 8.18. The Kier molecular flexibility index (Phi) is 2.50. The van der Waals surface area contributed by atoms with Gasteiger partial charge >= 0.3 is 0 Å². The minimum absolute atomic E-state index is 0.685. The number of hydrogen-bond acceptors (Lipinski definition) is 2. The van der Waals surface area contributed by atoms with Crippen LogP contribution < -0.4 is 5.73 Å². The molecule has 2 nitrogen and oxygen atoms in total. The Morgan fingerprint density at radius 1 is 0.933 bits per heavy atom. The second kappa shape index (κ2) is 3.96. The highest BCUT2D eigenvalue weighted by molar-refractivity contribution is 5.79. The van der Waals surface area contributed by atoms with Crippen molar-refractivity contribution in [3.63, 3.8) is 0 Å². The Bertz CT molecular complexity index is 474. The van der Waals surface area contributed by atoms with Crippen LogP contribution in [0.5, 0.6) is 0 Å². The number of hydrogen-bond donors (Lipinski definition) is 1. The van der Waals surface area contributed by atoms with Crippen LogP contribution in [0.1, 0.15) is 10.4 Å². The van der Waals surface area contributed by atoms with E-state index in [0.29, 0.717) is 5.56 Å². The van der Waals surface area contributed by atoms with E-state index in [9.17, 15) is 4.79 Å². The maximum absolute atomic E-state index is 10.6. The van der Waals surface area contributed by atoms with Crippen molar-refractivity contribution in [2.24, 2.45) is 0 Å². The molecule has 2 rings (SSSR count). The summed E-state index contributed by atoms with van der Waals surface area (Å²) in [5.41, 5.74) is 9.12. The number of aldehydes is 1. The number of carbonyl (C=O) groups is 1. The van der Waals surface area contributed by atoms with E-state index in [1.165, 1.54) is 0 Å². The maximum Gasteiger partial charge on any atom is 0.150 e. The van der Waals surface area contributed by atoms with Gasteiger partial charge in [-0.2, -0.15) is 0 Å². The minimum atomic E-state index is 0.685. The third-order valence-electron chi connectivity index (χ3n) is 2.27. The number of nitrogen functional groups attached to an aromatic ring is 1. The van der Waals surface area contributed by atoms with E-state index < -0.39 is 0 Å². The lowest BCUT2D eigenvalue weighted by molar-refractivity contribution is 0.112. The summed E-state index contributed by atoms with van der Waals surface area (Å²) in [6.45, 7) is 0. The Labute approximate surface area is 88.4 Å². The molecule has 0 aliphatic carbocycles. The molecule has 0 saturated heterocycles. The third kappa shape index (κ3) is 2.05. The Balaban J connectivity index is 2.44. The van der Waals surface area contributed by atoms with Crippen molar-refractivity contribution in [3.05, 3.63) is 54.1 Å². The zero-order chi connectivity index (χ0) is 10.7. The summed E-state index contributed by atoms with van der Waals surface area (Å²) in [5.74, 6) is 0. The summed E-state index contributed by atoms with van der Waals surface area (Å²) in [6.07, 6.45) is 0.848. The number of rotatable bonds is 2. The van der Waals surface area contributed by atoms with Crippen LogP contribution in [-0.4, -0.2) is 6.29 Å². The summed E-state index contributed by atoms with van der Waals surface area (Å²) in [6, 6.07) is 15.1. The van der Waals surface area contributed by atoms with Gasteiger partial charge in [-0.3, -0.25) is 4.79 Å². The molecule has 0 radical (unpaired) electrons. The molecule has 0 spiro atoms. The molecular formula is C13H11NO. The van der Waals surface area contributed by atoms with Crippen LogP contribution in [0.15, 0.2) is 48.5 Å². The van der Waals surface area contributed by atoms with Gasteiger partial charge < -0.3 is 5.73 Å². The fourth-order valence-corrected chi connectivity index (χ4v) is 1.47. The second-order valence-corrected chi connectivity index (χ2v) is 3.37. The van der Waals surface area contributed by atoms with Crippen LogP contribution in [-0.2, 0) is 0 Å². The molecule has 0 saturated carbocycles. The van der Waals surface area contributed by atoms with Gasteiger partial charge in [0.05, 0.1) is 0 Å². The van der Waals surface area contributed by atoms with Crippen molar-refractivity contribution in [2.45, 2.75) is 0 Å². The smallest absolute Gasteiger partial charge is 0.150 e. The standard InChI is InChI=1S/C13H11NO/c14-13-6-4-11(5-7-13)12-3-1-2-10(8-12)9-15/h1-9H,14H2. The molecule has 0 bridgehead atoms. The number of anilines is 1. The van der Waals surface area contributed by atoms with Gasteiger partial charge in [0.25, 0.3) is 0 Å². The average molecular weight is 197 g/mol.